The summed E-state index contributed by atoms with van der Waals surface area (Å²) in [5.41, 5.74) is 3.73. The molecule has 156 valence electrons. The molecule has 1 amide bonds. The summed E-state index contributed by atoms with van der Waals surface area (Å²) in [7, 11) is 1.87. The number of rotatable bonds is 4. The van der Waals surface area contributed by atoms with Crippen molar-refractivity contribution in [3.05, 3.63) is 83.6 Å². The van der Waals surface area contributed by atoms with E-state index in [1.165, 1.54) is 0 Å². The van der Waals surface area contributed by atoms with Crippen molar-refractivity contribution >= 4 is 33.6 Å². The average Bonchev–Trinajstić information content (AvgIpc) is 3.10. The van der Waals surface area contributed by atoms with Gasteiger partial charge in [0.15, 0.2) is 0 Å². The maximum atomic E-state index is 13.3. The van der Waals surface area contributed by atoms with Gasteiger partial charge in [-0.15, -0.1) is 0 Å². The Balaban J connectivity index is 1.45. The first-order chi connectivity index (χ1) is 15.0. The number of amides is 1. The maximum Gasteiger partial charge on any atom is 0.307 e. The van der Waals surface area contributed by atoms with Crippen molar-refractivity contribution in [1.29, 1.82) is 0 Å². The second kappa shape index (κ2) is 7.58. The third kappa shape index (κ3) is 3.36. The Morgan fingerprint density at radius 2 is 1.77 bits per heavy atom. The van der Waals surface area contributed by atoms with Crippen LogP contribution in [0.1, 0.15) is 28.0 Å². The number of carbonyl (C=O) groups is 2. The van der Waals surface area contributed by atoms with Crippen molar-refractivity contribution in [2.24, 2.45) is 0 Å². The van der Waals surface area contributed by atoms with Gasteiger partial charge in [-0.05, 0) is 47.4 Å². The lowest BCUT2D eigenvalue weighted by Gasteiger charge is -2.33. The monoisotopic (exact) mass is 412 g/mol. The number of carboxylic acids is 1. The van der Waals surface area contributed by atoms with Crippen LogP contribution in [0, 0.1) is 0 Å². The Labute approximate surface area is 180 Å². The van der Waals surface area contributed by atoms with Gasteiger partial charge in [0.25, 0.3) is 5.91 Å². The number of nitrogens with zero attached hydrogens (tertiary/aromatic N) is 2. The number of carboxylic acid groups (broad SMARTS) is 1. The quantitative estimate of drug-likeness (QED) is 0.537. The van der Waals surface area contributed by atoms with Gasteiger partial charge in [0.1, 0.15) is 0 Å². The molecular weight excluding hydrogens is 388 g/mol. The average molecular weight is 412 g/mol. The van der Waals surface area contributed by atoms with E-state index in [0.717, 1.165) is 45.8 Å². The molecule has 0 spiro atoms. The van der Waals surface area contributed by atoms with E-state index in [0.29, 0.717) is 12.1 Å². The maximum absolute atomic E-state index is 13.3. The number of aromatic nitrogens is 1. The minimum atomic E-state index is -0.815. The molecule has 5 heteroatoms. The Kier molecular flexibility index (Phi) is 4.74. The van der Waals surface area contributed by atoms with Crippen molar-refractivity contribution < 1.29 is 14.7 Å². The molecule has 0 bridgehead atoms. The summed E-state index contributed by atoms with van der Waals surface area (Å²) in [6, 6.07) is 21.9. The molecule has 1 aliphatic rings. The first-order valence-electron chi connectivity index (χ1n) is 10.6. The number of para-hydroxylation sites is 1. The van der Waals surface area contributed by atoms with Crippen LogP contribution < -0.4 is 0 Å². The van der Waals surface area contributed by atoms with E-state index in [2.05, 4.69) is 4.57 Å². The lowest BCUT2D eigenvalue weighted by atomic mass is 9.99. The molecule has 0 fully saturated rings. The fourth-order valence-corrected chi connectivity index (χ4v) is 4.88. The summed E-state index contributed by atoms with van der Waals surface area (Å²) in [6.07, 6.45) is 1.61. The van der Waals surface area contributed by atoms with E-state index in [9.17, 15) is 14.7 Å². The van der Waals surface area contributed by atoms with Gasteiger partial charge in [-0.1, -0.05) is 48.5 Å². The molecule has 0 saturated carbocycles. The summed E-state index contributed by atoms with van der Waals surface area (Å²) in [5.74, 6) is -0.800. The third-order valence-electron chi connectivity index (χ3n) is 6.49. The Bertz CT molecular complexity index is 1320. The van der Waals surface area contributed by atoms with Gasteiger partial charge in [-0.25, -0.2) is 0 Å². The number of hydrogen-bond acceptors (Lipinski definition) is 2. The zero-order valence-corrected chi connectivity index (χ0v) is 17.4. The second-order valence-corrected chi connectivity index (χ2v) is 8.29. The first kappa shape index (κ1) is 19.4. The Hall–Kier alpha value is -3.60. The molecule has 2 heterocycles. The zero-order valence-electron chi connectivity index (χ0n) is 17.4. The van der Waals surface area contributed by atoms with Gasteiger partial charge >= 0.3 is 5.97 Å². The topological polar surface area (TPSA) is 62.5 Å². The van der Waals surface area contributed by atoms with Crippen LogP contribution in [0.5, 0.6) is 0 Å². The third-order valence-corrected chi connectivity index (χ3v) is 6.49. The van der Waals surface area contributed by atoms with Crippen molar-refractivity contribution in [1.82, 2.24) is 9.47 Å². The zero-order chi connectivity index (χ0) is 21.5. The van der Waals surface area contributed by atoms with Crippen LogP contribution in [0.3, 0.4) is 0 Å². The number of fused-ring (bicyclic) bond motifs is 4. The van der Waals surface area contributed by atoms with Gasteiger partial charge in [0.2, 0.25) is 0 Å². The second-order valence-electron chi connectivity index (χ2n) is 8.29. The lowest BCUT2D eigenvalue weighted by molar-refractivity contribution is -0.136. The van der Waals surface area contributed by atoms with Crippen molar-refractivity contribution in [2.45, 2.75) is 31.8 Å². The smallest absolute Gasteiger partial charge is 0.307 e. The fraction of sp³-hybridized carbons (Fsp3) is 0.231. The highest BCUT2D eigenvalue weighted by Crippen LogP contribution is 2.32. The van der Waals surface area contributed by atoms with Crippen molar-refractivity contribution in [3.63, 3.8) is 0 Å². The van der Waals surface area contributed by atoms with E-state index >= 15 is 0 Å². The molecule has 4 aromatic rings. The van der Waals surface area contributed by atoms with Gasteiger partial charge in [-0.2, -0.15) is 0 Å². The minimum Gasteiger partial charge on any atom is -0.481 e. The van der Waals surface area contributed by atoms with Crippen LogP contribution >= 0.6 is 0 Å². The van der Waals surface area contributed by atoms with Gasteiger partial charge in [0, 0.05) is 41.8 Å². The van der Waals surface area contributed by atoms with E-state index in [1.54, 1.807) is 0 Å². The van der Waals surface area contributed by atoms with Crippen LogP contribution in [-0.2, 0) is 24.2 Å². The molecule has 1 aromatic heterocycles. The fourth-order valence-electron chi connectivity index (χ4n) is 4.88. The molecule has 0 aliphatic carbocycles. The van der Waals surface area contributed by atoms with Gasteiger partial charge in [-0.3, -0.25) is 9.59 Å². The minimum absolute atomic E-state index is 0.0152. The normalized spacial score (nSPS) is 15.7. The molecule has 1 aliphatic heterocycles. The molecule has 3 aromatic carbocycles. The highest BCUT2D eigenvalue weighted by molar-refractivity contribution is 5.98. The number of hydrogen-bond donors (Lipinski definition) is 1. The number of likely N-dealkylation sites (N-methyl/N-ethyl adjacent to an activating group) is 1. The standard InChI is InChI=1S/C26H24N2O3/c1-27(26(31)19-11-10-17-6-2-3-7-18(17)14-19)20-12-13-24-22(15-25(29)30)21-8-4-5-9-23(21)28(24)16-20/h2-11,14,20H,12-13,15-16H2,1H3,(H,29,30)/t20-/m1/s1. The van der Waals surface area contributed by atoms with Crippen LogP contribution in [0.2, 0.25) is 0 Å². The molecular formula is C26H24N2O3. The lowest BCUT2D eigenvalue weighted by Crippen LogP contribution is -2.42. The molecule has 0 radical (unpaired) electrons. The van der Waals surface area contributed by atoms with Crippen LogP contribution in [0.15, 0.2) is 66.7 Å². The highest BCUT2D eigenvalue weighted by Gasteiger charge is 2.29. The predicted octanol–water partition coefficient (Wildman–Crippen LogP) is 4.51. The van der Waals surface area contributed by atoms with Crippen LogP contribution in [0.4, 0.5) is 0 Å². The molecule has 5 nitrogen and oxygen atoms in total. The Morgan fingerprint density at radius 3 is 2.58 bits per heavy atom. The molecule has 0 saturated heterocycles. The largest absolute Gasteiger partial charge is 0.481 e. The van der Waals surface area contributed by atoms with Crippen LogP contribution in [0.25, 0.3) is 21.7 Å². The van der Waals surface area contributed by atoms with Crippen molar-refractivity contribution in [3.8, 4) is 0 Å². The number of carbonyl (C=O) groups excluding carboxylic acids is 1. The SMILES string of the molecule is CN(C(=O)c1ccc2ccccc2c1)[C@@H]1CCc2c(CC(=O)O)c3ccccc3n2C1. The van der Waals surface area contributed by atoms with E-state index in [4.69, 9.17) is 0 Å². The van der Waals surface area contributed by atoms with E-state index in [-0.39, 0.29) is 18.4 Å². The summed E-state index contributed by atoms with van der Waals surface area (Å²) < 4.78 is 2.21. The summed E-state index contributed by atoms with van der Waals surface area (Å²) in [6.45, 7) is 0.672. The molecule has 1 N–H and O–H groups in total. The first-order valence-corrected chi connectivity index (χ1v) is 10.6. The predicted molar refractivity (Wildman–Crippen MR) is 121 cm³/mol. The molecule has 1 atom stereocenters. The number of benzene rings is 3. The van der Waals surface area contributed by atoms with E-state index in [1.807, 2.05) is 78.7 Å². The van der Waals surface area contributed by atoms with Gasteiger partial charge < -0.3 is 14.6 Å². The number of aliphatic carboxylic acids is 1. The molecule has 31 heavy (non-hydrogen) atoms. The summed E-state index contributed by atoms with van der Waals surface area (Å²) >= 11 is 0. The summed E-state index contributed by atoms with van der Waals surface area (Å²) in [4.78, 5) is 26.5. The molecule has 5 rings (SSSR count). The molecule has 0 unspecified atom stereocenters. The summed E-state index contributed by atoms with van der Waals surface area (Å²) in [5, 5.41) is 12.6. The van der Waals surface area contributed by atoms with Crippen LogP contribution in [-0.4, -0.2) is 39.5 Å². The van der Waals surface area contributed by atoms with E-state index < -0.39 is 5.97 Å². The van der Waals surface area contributed by atoms with Crippen molar-refractivity contribution in [2.75, 3.05) is 7.05 Å². The Morgan fingerprint density at radius 1 is 1.03 bits per heavy atom. The highest BCUT2D eigenvalue weighted by atomic mass is 16.4. The van der Waals surface area contributed by atoms with Gasteiger partial charge in [0.05, 0.1) is 6.42 Å².